The van der Waals surface area contributed by atoms with Crippen molar-refractivity contribution < 1.29 is 19.5 Å². The number of benzene rings is 2. The highest BCUT2D eigenvalue weighted by molar-refractivity contribution is 8.15. The van der Waals surface area contributed by atoms with E-state index in [-0.39, 0.29) is 23.3 Å². The molecule has 0 bridgehead atoms. The van der Waals surface area contributed by atoms with Gasteiger partial charge in [0.25, 0.3) is 11.1 Å². The van der Waals surface area contributed by atoms with Gasteiger partial charge in [0, 0.05) is 5.69 Å². The van der Waals surface area contributed by atoms with Crippen molar-refractivity contribution >= 4 is 34.6 Å². The average molecular weight is 356 g/mol. The van der Waals surface area contributed by atoms with Gasteiger partial charge in [-0.15, -0.1) is 0 Å². The Morgan fingerprint density at radius 1 is 1.20 bits per heavy atom. The molecule has 1 aliphatic rings. The van der Waals surface area contributed by atoms with Gasteiger partial charge in [-0.05, 0) is 48.5 Å². The molecule has 2 aromatic carbocycles. The molecule has 7 heteroatoms. The van der Waals surface area contributed by atoms with Gasteiger partial charge in [-0.2, -0.15) is 0 Å². The highest BCUT2D eigenvalue weighted by atomic mass is 32.2. The van der Waals surface area contributed by atoms with Gasteiger partial charge in [-0.1, -0.05) is 29.8 Å². The van der Waals surface area contributed by atoms with Crippen LogP contribution >= 0.6 is 11.8 Å². The van der Waals surface area contributed by atoms with E-state index in [1.165, 1.54) is 12.1 Å². The summed E-state index contributed by atoms with van der Waals surface area (Å²) in [6, 6.07) is 13.8. The Morgan fingerprint density at radius 3 is 2.60 bits per heavy atom. The Hall–Kier alpha value is -2.80. The molecule has 6 nitrogen and oxygen atoms in total. The predicted molar refractivity (Wildman–Crippen MR) is 95.5 cm³/mol. The maximum atomic E-state index is 12.5. The van der Waals surface area contributed by atoms with Crippen molar-refractivity contribution in [2.45, 2.75) is 18.8 Å². The zero-order valence-corrected chi connectivity index (χ0v) is 14.2. The number of carbonyl (C=O) groups excluding carboxylic acids is 2. The van der Waals surface area contributed by atoms with Crippen LogP contribution in [0.2, 0.25) is 0 Å². The summed E-state index contributed by atoms with van der Waals surface area (Å²) in [5.74, 6) is -1.38. The molecule has 0 spiro atoms. The Balaban J connectivity index is 1.72. The third-order valence-corrected chi connectivity index (χ3v) is 4.77. The number of thioether (sulfide) groups is 1. The van der Waals surface area contributed by atoms with Crippen LogP contribution in [0.5, 0.6) is 0 Å². The van der Waals surface area contributed by atoms with Gasteiger partial charge >= 0.3 is 5.97 Å². The van der Waals surface area contributed by atoms with Gasteiger partial charge < -0.3 is 10.4 Å². The van der Waals surface area contributed by atoms with Crippen LogP contribution in [0.25, 0.3) is 0 Å². The lowest BCUT2D eigenvalue weighted by Gasteiger charge is -2.15. The molecule has 0 aromatic heterocycles. The van der Waals surface area contributed by atoms with Gasteiger partial charge in [0.2, 0.25) is 0 Å². The fourth-order valence-electron chi connectivity index (χ4n) is 2.47. The predicted octanol–water partition coefficient (Wildman–Crippen LogP) is 3.33. The maximum absolute atomic E-state index is 12.5. The monoisotopic (exact) mass is 356 g/mol. The molecule has 1 fully saturated rings. The fourth-order valence-corrected chi connectivity index (χ4v) is 3.37. The van der Waals surface area contributed by atoms with E-state index in [1.807, 2.05) is 31.2 Å². The smallest absolute Gasteiger partial charge is 0.335 e. The standard InChI is InChI=1S/C18H16N2O4S/c1-11-5-7-14(8-6-11)19-15-16(21)20(18(24)25-15)10-12-3-2-4-13(9-12)17(22)23/h2-9,15,19H,10H2,1H3,(H,22,23)/t15-/m1/s1. The Morgan fingerprint density at radius 2 is 1.92 bits per heavy atom. The van der Waals surface area contributed by atoms with E-state index in [0.29, 0.717) is 5.56 Å². The number of aromatic carboxylic acids is 1. The largest absolute Gasteiger partial charge is 0.478 e. The fraction of sp³-hybridized carbons (Fsp3) is 0.167. The maximum Gasteiger partial charge on any atom is 0.335 e. The number of nitrogens with one attached hydrogen (secondary N) is 1. The minimum absolute atomic E-state index is 0.0534. The number of nitrogens with zero attached hydrogens (tertiary/aromatic N) is 1. The third kappa shape index (κ3) is 3.83. The topological polar surface area (TPSA) is 86.7 Å². The second kappa shape index (κ2) is 6.98. The van der Waals surface area contributed by atoms with E-state index in [9.17, 15) is 14.4 Å². The first-order chi connectivity index (χ1) is 11.9. The summed E-state index contributed by atoms with van der Waals surface area (Å²) in [4.78, 5) is 36.9. The molecule has 0 saturated carbocycles. The number of carbonyl (C=O) groups is 3. The number of hydrogen-bond acceptors (Lipinski definition) is 5. The van der Waals surface area contributed by atoms with Crippen molar-refractivity contribution in [2.75, 3.05) is 5.32 Å². The van der Waals surface area contributed by atoms with Gasteiger partial charge in [0.15, 0.2) is 5.37 Å². The zero-order chi connectivity index (χ0) is 18.0. The van der Waals surface area contributed by atoms with Crippen LogP contribution in [-0.2, 0) is 11.3 Å². The van der Waals surface area contributed by atoms with Crippen LogP contribution in [0.1, 0.15) is 21.5 Å². The number of anilines is 1. The summed E-state index contributed by atoms with van der Waals surface area (Å²) in [5.41, 5.74) is 2.59. The number of rotatable bonds is 5. The molecule has 2 N–H and O–H groups in total. The van der Waals surface area contributed by atoms with Crippen LogP contribution in [0.3, 0.4) is 0 Å². The van der Waals surface area contributed by atoms with Crippen LogP contribution in [0.4, 0.5) is 10.5 Å². The first kappa shape index (κ1) is 17.0. The minimum Gasteiger partial charge on any atom is -0.478 e. The summed E-state index contributed by atoms with van der Waals surface area (Å²) in [7, 11) is 0. The third-order valence-electron chi connectivity index (χ3n) is 3.79. The molecular weight excluding hydrogens is 340 g/mol. The molecule has 1 saturated heterocycles. The molecule has 0 unspecified atom stereocenters. The van der Waals surface area contributed by atoms with Crippen molar-refractivity contribution in [2.24, 2.45) is 0 Å². The normalized spacial score (nSPS) is 17.0. The second-order valence-corrected chi connectivity index (χ2v) is 6.76. The van der Waals surface area contributed by atoms with E-state index in [4.69, 9.17) is 5.11 Å². The molecule has 2 aromatic rings. The molecule has 0 aliphatic carbocycles. The number of amides is 2. The van der Waals surface area contributed by atoms with E-state index in [1.54, 1.807) is 12.1 Å². The average Bonchev–Trinajstić information content (AvgIpc) is 2.85. The Kier molecular flexibility index (Phi) is 4.76. The first-order valence-electron chi connectivity index (χ1n) is 7.61. The Labute approximate surface area is 148 Å². The summed E-state index contributed by atoms with van der Waals surface area (Å²) in [6.45, 7) is 2.02. The molecule has 1 heterocycles. The Bertz CT molecular complexity index is 835. The molecule has 1 atom stereocenters. The van der Waals surface area contributed by atoms with Crippen LogP contribution in [0.15, 0.2) is 48.5 Å². The first-order valence-corrected chi connectivity index (χ1v) is 8.49. The summed E-state index contributed by atoms with van der Waals surface area (Å²) >= 11 is 0.921. The molecule has 3 rings (SSSR count). The zero-order valence-electron chi connectivity index (χ0n) is 13.4. The number of carboxylic acid groups (broad SMARTS) is 1. The lowest BCUT2D eigenvalue weighted by Crippen LogP contribution is -2.34. The molecule has 2 amide bonds. The number of hydrogen-bond donors (Lipinski definition) is 2. The molecule has 1 aliphatic heterocycles. The van der Waals surface area contributed by atoms with Crippen molar-refractivity contribution in [3.05, 3.63) is 65.2 Å². The number of aryl methyl sites for hydroxylation is 1. The molecular formula is C18H16N2O4S. The lowest BCUT2D eigenvalue weighted by atomic mass is 10.1. The van der Waals surface area contributed by atoms with Gasteiger partial charge in [0.05, 0.1) is 12.1 Å². The summed E-state index contributed by atoms with van der Waals surface area (Å²) < 4.78 is 0. The highest BCUT2D eigenvalue weighted by Crippen LogP contribution is 2.29. The van der Waals surface area contributed by atoms with Crippen molar-refractivity contribution in [1.82, 2.24) is 4.90 Å². The van der Waals surface area contributed by atoms with Crippen LogP contribution in [0, 0.1) is 6.92 Å². The highest BCUT2D eigenvalue weighted by Gasteiger charge is 2.39. The molecule has 128 valence electrons. The summed E-state index contributed by atoms with van der Waals surface area (Å²) in [5, 5.41) is 11.1. The van der Waals surface area contributed by atoms with Crippen LogP contribution < -0.4 is 5.32 Å². The molecule has 0 radical (unpaired) electrons. The van der Waals surface area contributed by atoms with Crippen molar-refractivity contribution in [3.8, 4) is 0 Å². The van der Waals surface area contributed by atoms with Crippen molar-refractivity contribution in [1.29, 1.82) is 0 Å². The van der Waals surface area contributed by atoms with E-state index >= 15 is 0 Å². The quantitative estimate of drug-likeness (QED) is 0.855. The van der Waals surface area contributed by atoms with Crippen molar-refractivity contribution in [3.63, 3.8) is 0 Å². The summed E-state index contributed by atoms with van der Waals surface area (Å²) in [6.07, 6.45) is 0. The van der Waals surface area contributed by atoms with Crippen LogP contribution in [-0.4, -0.2) is 32.5 Å². The second-order valence-electron chi connectivity index (χ2n) is 5.70. The van der Waals surface area contributed by atoms with E-state index < -0.39 is 11.3 Å². The van der Waals surface area contributed by atoms with Gasteiger partial charge in [0.1, 0.15) is 0 Å². The lowest BCUT2D eigenvalue weighted by molar-refractivity contribution is -0.126. The minimum atomic E-state index is -1.05. The van der Waals surface area contributed by atoms with Gasteiger partial charge in [-0.25, -0.2) is 4.79 Å². The number of imide groups is 1. The SMILES string of the molecule is Cc1ccc(N[C@@H]2SC(=O)N(Cc3cccc(C(=O)O)c3)C2=O)cc1. The van der Waals surface area contributed by atoms with E-state index in [2.05, 4.69) is 5.32 Å². The number of carboxylic acids is 1. The van der Waals surface area contributed by atoms with Gasteiger partial charge in [-0.3, -0.25) is 14.5 Å². The molecule has 25 heavy (non-hydrogen) atoms. The van der Waals surface area contributed by atoms with E-state index in [0.717, 1.165) is 27.9 Å².